The number of alkyl halides is 1. The zero-order valence-electron chi connectivity index (χ0n) is 11.0. The average molecular weight is 294 g/mol. The van der Waals surface area contributed by atoms with Gasteiger partial charge in [-0.3, -0.25) is 4.79 Å². The highest BCUT2D eigenvalue weighted by molar-refractivity contribution is 6.18. The van der Waals surface area contributed by atoms with Crippen molar-refractivity contribution in [2.75, 3.05) is 30.4 Å². The maximum Gasteiger partial charge on any atom is 0.256 e. The van der Waals surface area contributed by atoms with E-state index in [2.05, 4.69) is 20.3 Å². The van der Waals surface area contributed by atoms with Crippen LogP contribution in [0.5, 0.6) is 0 Å². The predicted molar refractivity (Wildman–Crippen MR) is 77.5 cm³/mol. The second-order valence-corrected chi connectivity index (χ2v) is 5.13. The fourth-order valence-corrected chi connectivity index (χ4v) is 2.49. The van der Waals surface area contributed by atoms with E-state index in [1.807, 2.05) is 12.3 Å². The van der Waals surface area contributed by atoms with E-state index in [4.69, 9.17) is 11.6 Å². The smallest absolute Gasteiger partial charge is 0.256 e. The molecule has 0 atom stereocenters. The largest absolute Gasteiger partial charge is 0.357 e. The molecule has 0 aliphatic carbocycles. The third-order valence-electron chi connectivity index (χ3n) is 3.41. The van der Waals surface area contributed by atoms with Crippen molar-refractivity contribution in [1.82, 2.24) is 19.9 Å². The van der Waals surface area contributed by atoms with Gasteiger partial charge in [0.05, 0.1) is 6.20 Å². The summed E-state index contributed by atoms with van der Waals surface area (Å²) in [4.78, 5) is 18.8. The molecule has 106 valence electrons. The Morgan fingerprint density at radius 3 is 2.95 bits per heavy atom. The summed E-state index contributed by atoms with van der Waals surface area (Å²) in [5.74, 6) is 1.10. The molecule has 0 bridgehead atoms. The van der Waals surface area contributed by atoms with Crippen LogP contribution in [0.2, 0.25) is 0 Å². The number of hydrogen-bond donors (Lipinski definition) is 1. The zero-order valence-corrected chi connectivity index (χ0v) is 11.8. The molecule has 2 aromatic rings. The summed E-state index contributed by atoms with van der Waals surface area (Å²) >= 11 is 5.58. The number of nitrogens with zero attached hydrogens (tertiary/aromatic N) is 4. The lowest BCUT2D eigenvalue weighted by molar-refractivity contribution is 0.0957. The van der Waals surface area contributed by atoms with Gasteiger partial charge in [-0.1, -0.05) is 0 Å². The molecule has 20 heavy (non-hydrogen) atoms. The minimum atomic E-state index is -0.188. The predicted octanol–water partition coefficient (Wildman–Crippen LogP) is 1.30. The number of anilines is 1. The van der Waals surface area contributed by atoms with Gasteiger partial charge in [0, 0.05) is 31.7 Å². The van der Waals surface area contributed by atoms with Crippen molar-refractivity contribution >= 4 is 29.0 Å². The number of halogens is 1. The number of nitrogens with one attached hydrogen (secondary N) is 1. The number of carbonyl (C=O) groups is 1. The third kappa shape index (κ3) is 2.43. The minimum Gasteiger partial charge on any atom is -0.357 e. The molecule has 1 saturated heterocycles. The van der Waals surface area contributed by atoms with Crippen molar-refractivity contribution in [1.29, 1.82) is 0 Å². The minimum absolute atomic E-state index is 0.188. The lowest BCUT2D eigenvalue weighted by atomic mass is 10.3. The van der Waals surface area contributed by atoms with Gasteiger partial charge in [-0.15, -0.1) is 11.6 Å². The Hall–Kier alpha value is -1.82. The molecule has 1 amide bonds. The lowest BCUT2D eigenvalue weighted by Crippen LogP contribution is -2.25. The normalized spacial score (nSPS) is 14.9. The molecular formula is C13H16ClN5O. The molecule has 0 saturated carbocycles. The second kappa shape index (κ2) is 5.66. The number of rotatable bonds is 4. The molecule has 3 rings (SSSR count). The summed E-state index contributed by atoms with van der Waals surface area (Å²) in [6.07, 6.45) is 5.76. The Kier molecular flexibility index (Phi) is 3.73. The molecule has 7 heteroatoms. The summed E-state index contributed by atoms with van der Waals surface area (Å²) < 4.78 is 1.62. The van der Waals surface area contributed by atoms with E-state index in [1.165, 1.54) is 12.8 Å². The maximum atomic E-state index is 12.0. The van der Waals surface area contributed by atoms with E-state index in [0.29, 0.717) is 23.6 Å². The number of carbonyl (C=O) groups excluding carboxylic acids is 1. The van der Waals surface area contributed by atoms with E-state index in [9.17, 15) is 4.79 Å². The number of fused-ring (bicyclic) bond motifs is 1. The monoisotopic (exact) mass is 293 g/mol. The molecule has 0 spiro atoms. The van der Waals surface area contributed by atoms with Gasteiger partial charge in [0.2, 0.25) is 0 Å². The van der Waals surface area contributed by atoms with Gasteiger partial charge in [-0.05, 0) is 18.9 Å². The molecule has 1 aliphatic heterocycles. The molecule has 3 heterocycles. The maximum absolute atomic E-state index is 12.0. The van der Waals surface area contributed by atoms with Gasteiger partial charge >= 0.3 is 0 Å². The molecule has 1 aliphatic rings. The van der Waals surface area contributed by atoms with Gasteiger partial charge < -0.3 is 10.2 Å². The third-order valence-corrected chi connectivity index (χ3v) is 3.60. The topological polar surface area (TPSA) is 62.5 Å². The Bertz CT molecular complexity index is 620. The van der Waals surface area contributed by atoms with Gasteiger partial charge in [-0.2, -0.15) is 5.10 Å². The lowest BCUT2D eigenvalue weighted by Gasteiger charge is -2.16. The van der Waals surface area contributed by atoms with Crippen LogP contribution in [0.1, 0.15) is 23.2 Å². The number of amides is 1. The Morgan fingerprint density at radius 1 is 1.40 bits per heavy atom. The molecule has 2 aromatic heterocycles. The van der Waals surface area contributed by atoms with Crippen molar-refractivity contribution in [2.24, 2.45) is 0 Å². The molecule has 0 aromatic carbocycles. The standard InChI is InChI=1S/C13H16ClN5O/c14-4-5-15-13(20)10-9-16-19-8-3-11(17-12(10)19)18-6-1-2-7-18/h3,8-9H,1-2,4-7H2,(H,15,20). The van der Waals surface area contributed by atoms with Crippen LogP contribution in [0, 0.1) is 0 Å². The van der Waals surface area contributed by atoms with Crippen LogP contribution in [-0.4, -0.2) is 46.0 Å². The van der Waals surface area contributed by atoms with Crippen LogP contribution in [0.25, 0.3) is 5.65 Å². The summed E-state index contributed by atoms with van der Waals surface area (Å²) in [5.41, 5.74) is 1.07. The van der Waals surface area contributed by atoms with Crippen molar-refractivity contribution in [2.45, 2.75) is 12.8 Å². The first kappa shape index (κ1) is 13.2. The summed E-state index contributed by atoms with van der Waals surface area (Å²) in [6.45, 7) is 2.47. The van der Waals surface area contributed by atoms with Crippen LogP contribution in [-0.2, 0) is 0 Å². The van der Waals surface area contributed by atoms with Crippen molar-refractivity contribution < 1.29 is 4.79 Å². The fraction of sp³-hybridized carbons (Fsp3) is 0.462. The highest BCUT2D eigenvalue weighted by Gasteiger charge is 2.17. The first-order valence-corrected chi connectivity index (χ1v) is 7.26. The summed E-state index contributed by atoms with van der Waals surface area (Å²) in [5, 5.41) is 6.90. The van der Waals surface area contributed by atoms with E-state index in [1.54, 1.807) is 10.7 Å². The Balaban J connectivity index is 1.92. The Labute approximate surface area is 121 Å². The van der Waals surface area contributed by atoms with Gasteiger partial charge in [-0.25, -0.2) is 9.50 Å². The molecule has 6 nitrogen and oxygen atoms in total. The van der Waals surface area contributed by atoms with Crippen LogP contribution in [0.4, 0.5) is 5.82 Å². The van der Waals surface area contributed by atoms with Crippen LogP contribution in [0.15, 0.2) is 18.5 Å². The number of aromatic nitrogens is 3. The zero-order chi connectivity index (χ0) is 13.9. The SMILES string of the molecule is O=C(NCCCl)c1cnn2ccc(N3CCCC3)nc12. The van der Waals surface area contributed by atoms with E-state index < -0.39 is 0 Å². The van der Waals surface area contributed by atoms with Crippen molar-refractivity contribution in [3.05, 3.63) is 24.0 Å². The van der Waals surface area contributed by atoms with E-state index >= 15 is 0 Å². The van der Waals surface area contributed by atoms with Crippen molar-refractivity contribution in [3.63, 3.8) is 0 Å². The van der Waals surface area contributed by atoms with Gasteiger partial charge in [0.25, 0.3) is 5.91 Å². The molecule has 1 fully saturated rings. The van der Waals surface area contributed by atoms with E-state index in [-0.39, 0.29) is 5.91 Å². The van der Waals surface area contributed by atoms with Crippen LogP contribution >= 0.6 is 11.6 Å². The highest BCUT2D eigenvalue weighted by Crippen LogP contribution is 2.19. The fourth-order valence-electron chi connectivity index (χ4n) is 2.40. The van der Waals surface area contributed by atoms with Crippen LogP contribution in [0.3, 0.4) is 0 Å². The quantitative estimate of drug-likeness (QED) is 0.863. The van der Waals surface area contributed by atoms with Crippen LogP contribution < -0.4 is 10.2 Å². The summed E-state index contributed by atoms with van der Waals surface area (Å²) in [7, 11) is 0. The van der Waals surface area contributed by atoms with Gasteiger partial charge in [0.1, 0.15) is 11.4 Å². The Morgan fingerprint density at radius 2 is 2.20 bits per heavy atom. The first-order valence-electron chi connectivity index (χ1n) is 6.73. The highest BCUT2D eigenvalue weighted by atomic mass is 35.5. The van der Waals surface area contributed by atoms with E-state index in [0.717, 1.165) is 18.9 Å². The molecule has 0 radical (unpaired) electrons. The summed E-state index contributed by atoms with van der Waals surface area (Å²) in [6, 6.07) is 1.94. The number of hydrogen-bond acceptors (Lipinski definition) is 4. The van der Waals surface area contributed by atoms with Crippen molar-refractivity contribution in [3.8, 4) is 0 Å². The first-order chi connectivity index (χ1) is 9.79. The molecule has 1 N–H and O–H groups in total. The molecular weight excluding hydrogens is 278 g/mol. The van der Waals surface area contributed by atoms with Gasteiger partial charge in [0.15, 0.2) is 5.65 Å². The second-order valence-electron chi connectivity index (χ2n) is 4.75. The average Bonchev–Trinajstić information content (AvgIpc) is 3.12. The molecule has 0 unspecified atom stereocenters.